The third kappa shape index (κ3) is 2.13. The number of phenols is 1. The molecule has 0 heterocycles. The lowest BCUT2D eigenvalue weighted by Gasteiger charge is -2.10. The summed E-state index contributed by atoms with van der Waals surface area (Å²) in [6, 6.07) is 5.32. The number of nitrogens with zero attached hydrogens (tertiary/aromatic N) is 1. The highest BCUT2D eigenvalue weighted by Gasteiger charge is 1.99. The molecule has 0 radical (unpaired) electrons. The molecule has 0 atom stereocenters. The van der Waals surface area contributed by atoms with Crippen LogP contribution in [0.5, 0.6) is 5.75 Å². The number of aromatic hydroxyl groups is 1. The van der Waals surface area contributed by atoms with Gasteiger partial charge in [0.2, 0.25) is 0 Å². The Balaban J connectivity index is 2.82. The second kappa shape index (κ2) is 3.45. The van der Waals surface area contributed by atoms with Crippen molar-refractivity contribution in [3.05, 3.63) is 23.8 Å². The zero-order valence-electron chi connectivity index (χ0n) is 7.41. The fraction of sp³-hybridized carbons (Fsp3) is 0.333. The van der Waals surface area contributed by atoms with Crippen molar-refractivity contribution >= 4 is 5.69 Å². The number of hydrogen-bond acceptors (Lipinski definition) is 3. The smallest absolute Gasteiger partial charge is 0.138 e. The maximum Gasteiger partial charge on any atom is 0.138 e. The lowest BCUT2D eigenvalue weighted by Crippen LogP contribution is -2.10. The maximum absolute atomic E-state index is 9.27. The Morgan fingerprint density at radius 3 is 2.58 bits per heavy atom. The second-order valence-electron chi connectivity index (χ2n) is 3.13. The minimum atomic E-state index is 0.161. The molecule has 0 aliphatic rings. The Labute approximate surface area is 72.4 Å². The third-order valence-corrected chi connectivity index (χ3v) is 1.59. The van der Waals surface area contributed by atoms with Crippen LogP contribution >= 0.6 is 0 Å². The van der Waals surface area contributed by atoms with Crippen LogP contribution in [0.25, 0.3) is 0 Å². The van der Waals surface area contributed by atoms with Crippen LogP contribution in [0, 0.1) is 0 Å². The van der Waals surface area contributed by atoms with Gasteiger partial charge in [0.25, 0.3) is 0 Å². The van der Waals surface area contributed by atoms with E-state index in [-0.39, 0.29) is 5.75 Å². The van der Waals surface area contributed by atoms with E-state index < -0.39 is 0 Å². The SMILES string of the molecule is CN(C)Cc1ccc(N)c(O)c1. The van der Waals surface area contributed by atoms with Gasteiger partial charge in [0, 0.05) is 6.54 Å². The predicted octanol–water partition coefficient (Wildman–Crippen LogP) is 1.04. The average molecular weight is 166 g/mol. The van der Waals surface area contributed by atoms with E-state index in [2.05, 4.69) is 0 Å². The lowest BCUT2D eigenvalue weighted by molar-refractivity contribution is 0.400. The first kappa shape index (κ1) is 8.87. The standard InChI is InChI=1S/C9H14N2O/c1-11(2)6-7-3-4-8(10)9(12)5-7/h3-5,12H,6,10H2,1-2H3. The molecule has 0 aliphatic heterocycles. The first-order valence-corrected chi connectivity index (χ1v) is 3.81. The summed E-state index contributed by atoms with van der Waals surface area (Å²) in [5.74, 6) is 0.161. The summed E-state index contributed by atoms with van der Waals surface area (Å²) < 4.78 is 0. The van der Waals surface area contributed by atoms with E-state index in [1.165, 1.54) is 0 Å². The van der Waals surface area contributed by atoms with E-state index in [1.54, 1.807) is 12.1 Å². The van der Waals surface area contributed by atoms with Crippen molar-refractivity contribution in [1.29, 1.82) is 0 Å². The van der Waals surface area contributed by atoms with E-state index in [0.717, 1.165) is 12.1 Å². The summed E-state index contributed by atoms with van der Waals surface area (Å²) in [5.41, 5.74) is 6.95. The highest BCUT2D eigenvalue weighted by atomic mass is 16.3. The normalized spacial score (nSPS) is 10.6. The highest BCUT2D eigenvalue weighted by molar-refractivity contribution is 5.52. The number of benzene rings is 1. The summed E-state index contributed by atoms with van der Waals surface area (Å²) in [6.45, 7) is 0.813. The van der Waals surface area contributed by atoms with Crippen molar-refractivity contribution < 1.29 is 5.11 Å². The Morgan fingerprint density at radius 2 is 2.08 bits per heavy atom. The topological polar surface area (TPSA) is 49.5 Å². The Hall–Kier alpha value is -1.22. The fourth-order valence-corrected chi connectivity index (χ4v) is 1.05. The number of phenolic OH excluding ortho intramolecular Hbond substituents is 1. The van der Waals surface area contributed by atoms with Crippen molar-refractivity contribution in [3.8, 4) is 5.75 Å². The summed E-state index contributed by atoms with van der Waals surface area (Å²) >= 11 is 0. The van der Waals surface area contributed by atoms with Crippen molar-refractivity contribution in [2.75, 3.05) is 19.8 Å². The molecule has 3 nitrogen and oxygen atoms in total. The molecule has 0 saturated carbocycles. The van der Waals surface area contributed by atoms with Crippen molar-refractivity contribution in [2.45, 2.75) is 6.54 Å². The first-order valence-electron chi connectivity index (χ1n) is 3.81. The molecule has 12 heavy (non-hydrogen) atoms. The minimum Gasteiger partial charge on any atom is -0.506 e. The van der Waals surface area contributed by atoms with Crippen LogP contribution < -0.4 is 5.73 Å². The molecule has 0 bridgehead atoms. The van der Waals surface area contributed by atoms with Crippen LogP contribution in [0.1, 0.15) is 5.56 Å². The molecule has 0 aliphatic carbocycles. The van der Waals surface area contributed by atoms with E-state index in [9.17, 15) is 5.11 Å². The third-order valence-electron chi connectivity index (χ3n) is 1.59. The number of anilines is 1. The van der Waals surface area contributed by atoms with Gasteiger partial charge < -0.3 is 15.7 Å². The predicted molar refractivity (Wildman–Crippen MR) is 49.9 cm³/mol. The van der Waals surface area contributed by atoms with E-state index >= 15 is 0 Å². The van der Waals surface area contributed by atoms with Gasteiger partial charge in [-0.3, -0.25) is 0 Å². The van der Waals surface area contributed by atoms with Crippen LogP contribution in [0.4, 0.5) is 5.69 Å². The quantitative estimate of drug-likeness (QED) is 0.509. The first-order chi connectivity index (χ1) is 5.59. The van der Waals surface area contributed by atoms with Crippen molar-refractivity contribution in [1.82, 2.24) is 4.90 Å². The molecule has 0 saturated heterocycles. The summed E-state index contributed by atoms with van der Waals surface area (Å²) in [7, 11) is 3.96. The molecule has 0 unspecified atom stereocenters. The van der Waals surface area contributed by atoms with Gasteiger partial charge in [-0.2, -0.15) is 0 Å². The zero-order valence-corrected chi connectivity index (χ0v) is 7.41. The van der Waals surface area contributed by atoms with Crippen LogP contribution in [0.15, 0.2) is 18.2 Å². The second-order valence-corrected chi connectivity index (χ2v) is 3.13. The molecule has 0 fully saturated rings. The number of hydrogen-bond donors (Lipinski definition) is 2. The Morgan fingerprint density at radius 1 is 1.42 bits per heavy atom. The minimum absolute atomic E-state index is 0.161. The van der Waals surface area contributed by atoms with Gasteiger partial charge in [-0.15, -0.1) is 0 Å². The van der Waals surface area contributed by atoms with E-state index in [1.807, 2.05) is 25.1 Å². The average Bonchev–Trinajstić information content (AvgIpc) is 1.96. The summed E-state index contributed by atoms with van der Waals surface area (Å²) in [5, 5.41) is 9.27. The number of nitrogens with two attached hydrogens (primary N) is 1. The molecule has 1 aromatic carbocycles. The molecule has 1 rings (SSSR count). The van der Waals surface area contributed by atoms with Crippen LogP contribution in [-0.2, 0) is 6.54 Å². The van der Waals surface area contributed by atoms with Crippen molar-refractivity contribution in [2.24, 2.45) is 0 Å². The van der Waals surface area contributed by atoms with Crippen LogP contribution in [0.2, 0.25) is 0 Å². The van der Waals surface area contributed by atoms with Gasteiger partial charge in [-0.05, 0) is 31.8 Å². The Bertz CT molecular complexity index is 271. The van der Waals surface area contributed by atoms with Crippen LogP contribution in [-0.4, -0.2) is 24.1 Å². The molecule has 0 amide bonds. The zero-order chi connectivity index (χ0) is 9.14. The largest absolute Gasteiger partial charge is 0.506 e. The lowest BCUT2D eigenvalue weighted by atomic mass is 10.2. The van der Waals surface area contributed by atoms with E-state index in [0.29, 0.717) is 5.69 Å². The molecular formula is C9H14N2O. The number of nitrogen functional groups attached to an aromatic ring is 1. The maximum atomic E-state index is 9.27. The molecule has 1 aromatic rings. The van der Waals surface area contributed by atoms with Crippen molar-refractivity contribution in [3.63, 3.8) is 0 Å². The molecule has 3 N–H and O–H groups in total. The van der Waals surface area contributed by atoms with Gasteiger partial charge in [0.1, 0.15) is 5.75 Å². The molecule has 0 aromatic heterocycles. The van der Waals surface area contributed by atoms with Gasteiger partial charge in [0.05, 0.1) is 5.69 Å². The summed E-state index contributed by atoms with van der Waals surface area (Å²) in [6.07, 6.45) is 0. The van der Waals surface area contributed by atoms with E-state index in [4.69, 9.17) is 5.73 Å². The Kier molecular flexibility index (Phi) is 2.55. The molecular weight excluding hydrogens is 152 g/mol. The fourth-order valence-electron chi connectivity index (χ4n) is 1.05. The van der Waals surface area contributed by atoms with Gasteiger partial charge in [-0.1, -0.05) is 6.07 Å². The summed E-state index contributed by atoms with van der Waals surface area (Å²) in [4.78, 5) is 2.03. The van der Waals surface area contributed by atoms with Gasteiger partial charge in [-0.25, -0.2) is 0 Å². The van der Waals surface area contributed by atoms with Gasteiger partial charge >= 0.3 is 0 Å². The van der Waals surface area contributed by atoms with Gasteiger partial charge in [0.15, 0.2) is 0 Å². The molecule has 0 spiro atoms. The molecule has 66 valence electrons. The molecule has 3 heteroatoms. The van der Waals surface area contributed by atoms with Crippen LogP contribution in [0.3, 0.4) is 0 Å². The number of rotatable bonds is 2. The highest BCUT2D eigenvalue weighted by Crippen LogP contribution is 2.20. The monoisotopic (exact) mass is 166 g/mol.